The van der Waals surface area contributed by atoms with Crippen LogP contribution in [0, 0.1) is 0 Å². The number of carbonyl (C=O) groups is 2. The molecule has 28 heavy (non-hydrogen) atoms. The molecule has 1 N–H and O–H groups in total. The van der Waals surface area contributed by atoms with Crippen LogP contribution in [-0.4, -0.2) is 28.0 Å². The summed E-state index contributed by atoms with van der Waals surface area (Å²) in [5.41, 5.74) is 1.64. The van der Waals surface area contributed by atoms with Crippen molar-refractivity contribution >= 4 is 28.3 Å². The third-order valence-corrected chi connectivity index (χ3v) is 5.85. The van der Waals surface area contributed by atoms with E-state index in [2.05, 4.69) is 10.3 Å². The molecule has 3 aromatic rings. The normalized spacial score (nSPS) is 16.4. The molecule has 1 aromatic carbocycles. The fourth-order valence-electron chi connectivity index (χ4n) is 3.54. The highest BCUT2D eigenvalue weighted by Gasteiger charge is 2.34. The standard InChI is InChI=1S/C21H21N3O3S/c1-2-27-20(26)15-10-11-16-17(15)22-21(28-16)23-19(25)18(24-12-6-7-13-24)14-8-4-3-5-9-14/h3-9,12-13,15,18H,2,10-11H2,1H3,(H,22,23,25)/t15-,18-/m1/s1. The highest BCUT2D eigenvalue weighted by atomic mass is 32.1. The highest BCUT2D eigenvalue weighted by Crippen LogP contribution is 2.39. The summed E-state index contributed by atoms with van der Waals surface area (Å²) in [7, 11) is 0. The van der Waals surface area contributed by atoms with Crippen LogP contribution in [-0.2, 0) is 20.7 Å². The first-order valence-corrected chi connectivity index (χ1v) is 10.1. The number of benzene rings is 1. The summed E-state index contributed by atoms with van der Waals surface area (Å²) in [5, 5.41) is 3.47. The van der Waals surface area contributed by atoms with Crippen molar-refractivity contribution in [3.05, 3.63) is 71.0 Å². The Bertz CT molecular complexity index is 966. The Morgan fingerprint density at radius 3 is 2.71 bits per heavy atom. The molecule has 0 spiro atoms. The number of fused-ring (bicyclic) bond motifs is 1. The molecule has 0 saturated heterocycles. The Morgan fingerprint density at radius 2 is 2.00 bits per heavy atom. The second-order valence-corrected chi connectivity index (χ2v) is 7.69. The van der Waals surface area contributed by atoms with Crippen molar-refractivity contribution in [3.8, 4) is 0 Å². The number of hydrogen-bond donors (Lipinski definition) is 1. The number of nitrogens with one attached hydrogen (secondary N) is 1. The maximum absolute atomic E-state index is 13.1. The first-order valence-electron chi connectivity index (χ1n) is 9.32. The molecule has 144 valence electrons. The van der Waals surface area contributed by atoms with Crippen molar-refractivity contribution in [2.24, 2.45) is 0 Å². The molecule has 2 aromatic heterocycles. The second-order valence-electron chi connectivity index (χ2n) is 6.60. The SMILES string of the molecule is CCOC(=O)[C@@H]1CCc2sc(NC(=O)[C@@H](c3ccccc3)n3cccc3)nc21. The number of carbonyl (C=O) groups excluding carboxylic acids is 2. The maximum Gasteiger partial charge on any atom is 0.315 e. The second kappa shape index (κ2) is 7.98. The molecule has 0 aliphatic heterocycles. The molecular formula is C21H21N3O3S. The van der Waals surface area contributed by atoms with Gasteiger partial charge in [-0.3, -0.25) is 14.9 Å². The smallest absolute Gasteiger partial charge is 0.315 e. The first-order chi connectivity index (χ1) is 13.7. The zero-order valence-electron chi connectivity index (χ0n) is 15.5. The van der Waals surface area contributed by atoms with Crippen LogP contribution in [0.2, 0.25) is 0 Å². The number of thiazole rings is 1. The van der Waals surface area contributed by atoms with E-state index in [-0.39, 0.29) is 17.8 Å². The van der Waals surface area contributed by atoms with E-state index in [1.165, 1.54) is 11.3 Å². The van der Waals surface area contributed by atoms with E-state index in [0.29, 0.717) is 11.7 Å². The number of anilines is 1. The number of ether oxygens (including phenoxy) is 1. The minimum Gasteiger partial charge on any atom is -0.465 e. The van der Waals surface area contributed by atoms with Crippen LogP contribution in [0.5, 0.6) is 0 Å². The van der Waals surface area contributed by atoms with Gasteiger partial charge < -0.3 is 9.30 Å². The molecule has 2 atom stereocenters. The van der Waals surface area contributed by atoms with Crippen LogP contribution < -0.4 is 5.32 Å². The Balaban J connectivity index is 1.56. The van der Waals surface area contributed by atoms with E-state index in [4.69, 9.17) is 4.74 Å². The Labute approximate surface area is 167 Å². The summed E-state index contributed by atoms with van der Waals surface area (Å²) in [5.74, 6) is -0.729. The topological polar surface area (TPSA) is 73.2 Å². The van der Waals surface area contributed by atoms with Gasteiger partial charge >= 0.3 is 5.97 Å². The van der Waals surface area contributed by atoms with Crippen LogP contribution in [0.4, 0.5) is 5.13 Å². The number of hydrogen-bond acceptors (Lipinski definition) is 5. The van der Waals surface area contributed by atoms with E-state index < -0.39 is 6.04 Å². The van der Waals surface area contributed by atoms with E-state index in [0.717, 1.165) is 29.0 Å². The van der Waals surface area contributed by atoms with Crippen LogP contribution >= 0.6 is 11.3 Å². The largest absolute Gasteiger partial charge is 0.465 e. The molecule has 6 nitrogen and oxygen atoms in total. The Hall–Kier alpha value is -2.93. The highest BCUT2D eigenvalue weighted by molar-refractivity contribution is 7.16. The summed E-state index contributed by atoms with van der Waals surface area (Å²) >= 11 is 1.44. The zero-order valence-corrected chi connectivity index (χ0v) is 16.3. The van der Waals surface area contributed by atoms with Gasteiger partial charge in [-0.15, -0.1) is 11.3 Å². The van der Waals surface area contributed by atoms with Gasteiger partial charge in [0.25, 0.3) is 5.91 Å². The van der Waals surface area contributed by atoms with Crippen LogP contribution in [0.3, 0.4) is 0 Å². The fraction of sp³-hybridized carbons (Fsp3) is 0.286. The van der Waals surface area contributed by atoms with Gasteiger partial charge in [0, 0.05) is 17.3 Å². The fourth-order valence-corrected chi connectivity index (χ4v) is 4.58. The van der Waals surface area contributed by atoms with Gasteiger partial charge in [-0.25, -0.2) is 4.98 Å². The lowest BCUT2D eigenvalue weighted by molar-refractivity contribution is -0.145. The minimum absolute atomic E-state index is 0.164. The van der Waals surface area contributed by atoms with Gasteiger partial charge in [0.05, 0.1) is 12.3 Å². The average Bonchev–Trinajstić information content (AvgIpc) is 3.40. The summed E-state index contributed by atoms with van der Waals surface area (Å²) in [6.45, 7) is 2.15. The van der Waals surface area contributed by atoms with Gasteiger partial charge in [-0.05, 0) is 37.5 Å². The molecule has 4 rings (SSSR count). The number of rotatable bonds is 6. The summed E-state index contributed by atoms with van der Waals surface area (Å²) in [6, 6.07) is 12.9. The zero-order chi connectivity index (χ0) is 19.5. The molecule has 0 radical (unpaired) electrons. The molecule has 0 saturated carbocycles. The van der Waals surface area contributed by atoms with Crippen LogP contribution in [0.1, 0.15) is 41.4 Å². The molecule has 7 heteroatoms. The predicted octanol–water partition coefficient (Wildman–Crippen LogP) is 3.77. The van der Waals surface area contributed by atoms with Crippen molar-refractivity contribution < 1.29 is 14.3 Å². The number of aromatic nitrogens is 2. The van der Waals surface area contributed by atoms with Gasteiger partial charge in [-0.2, -0.15) is 0 Å². The number of esters is 1. The average molecular weight is 395 g/mol. The lowest BCUT2D eigenvalue weighted by Gasteiger charge is -2.18. The van der Waals surface area contributed by atoms with E-state index in [9.17, 15) is 9.59 Å². The molecule has 1 amide bonds. The molecule has 2 heterocycles. The lowest BCUT2D eigenvalue weighted by Crippen LogP contribution is -2.26. The van der Waals surface area contributed by atoms with Crippen molar-refractivity contribution in [1.29, 1.82) is 0 Å². The Kier molecular flexibility index (Phi) is 5.25. The molecule has 1 aliphatic rings. The molecule has 0 bridgehead atoms. The van der Waals surface area contributed by atoms with Crippen molar-refractivity contribution in [3.63, 3.8) is 0 Å². The third kappa shape index (κ3) is 3.57. The summed E-state index contributed by atoms with van der Waals surface area (Å²) < 4.78 is 7.02. The maximum atomic E-state index is 13.1. The van der Waals surface area contributed by atoms with E-state index in [1.807, 2.05) is 59.4 Å². The molecular weight excluding hydrogens is 374 g/mol. The predicted molar refractivity (Wildman–Crippen MR) is 107 cm³/mol. The minimum atomic E-state index is -0.490. The number of aryl methyl sites for hydroxylation is 1. The molecule has 0 unspecified atom stereocenters. The van der Waals surface area contributed by atoms with Crippen LogP contribution in [0.15, 0.2) is 54.9 Å². The van der Waals surface area contributed by atoms with Gasteiger partial charge in [0.15, 0.2) is 5.13 Å². The van der Waals surface area contributed by atoms with E-state index >= 15 is 0 Å². The van der Waals surface area contributed by atoms with Crippen molar-refractivity contribution in [2.75, 3.05) is 11.9 Å². The monoisotopic (exact) mass is 395 g/mol. The number of nitrogens with zero attached hydrogens (tertiary/aromatic N) is 2. The van der Waals surface area contributed by atoms with Gasteiger partial charge in [-0.1, -0.05) is 30.3 Å². The molecule has 1 aliphatic carbocycles. The summed E-state index contributed by atoms with van der Waals surface area (Å²) in [4.78, 5) is 30.8. The van der Waals surface area contributed by atoms with Gasteiger partial charge in [0.2, 0.25) is 0 Å². The Morgan fingerprint density at radius 1 is 1.25 bits per heavy atom. The lowest BCUT2D eigenvalue weighted by atomic mass is 10.1. The third-order valence-electron chi connectivity index (χ3n) is 4.81. The number of amides is 1. The van der Waals surface area contributed by atoms with Crippen molar-refractivity contribution in [1.82, 2.24) is 9.55 Å². The van der Waals surface area contributed by atoms with Crippen molar-refractivity contribution in [2.45, 2.75) is 31.7 Å². The quantitative estimate of drug-likeness (QED) is 0.645. The van der Waals surface area contributed by atoms with Gasteiger partial charge in [0.1, 0.15) is 12.0 Å². The van der Waals surface area contributed by atoms with E-state index in [1.54, 1.807) is 6.92 Å². The first kappa shape index (κ1) is 18.4. The molecule has 0 fully saturated rings. The van der Waals surface area contributed by atoms with Crippen LogP contribution in [0.25, 0.3) is 0 Å². The summed E-state index contributed by atoms with van der Waals surface area (Å²) in [6.07, 6.45) is 5.25.